The number of nitrogen functional groups attached to an aromatic ring is 2. The van der Waals surface area contributed by atoms with Crippen LogP contribution in [0.4, 0.5) is 11.4 Å². The molecule has 4 aromatic carbocycles. The summed E-state index contributed by atoms with van der Waals surface area (Å²) in [5.74, 6) is 2.19. The number of anilines is 2. The molecule has 0 saturated carbocycles. The molecule has 0 amide bonds. The average molecular weight is 1700 g/mol. The maximum absolute atomic E-state index is 10.8. The van der Waals surface area contributed by atoms with E-state index in [1.54, 1.807) is 0 Å². The molecule has 8 nitrogen and oxygen atoms in total. The topological polar surface area (TPSA) is 133 Å². The second-order valence-corrected chi connectivity index (χ2v) is 60.7. The third-order valence-corrected chi connectivity index (χ3v) is 8.85. The van der Waals surface area contributed by atoms with Crippen molar-refractivity contribution in [3.8, 4) is 10.9 Å². The van der Waals surface area contributed by atoms with E-state index in [-0.39, 0.29) is 9.79 Å². The van der Waals surface area contributed by atoms with Gasteiger partial charge in [-0.2, -0.15) is 13.7 Å². The second kappa shape index (κ2) is 31.8. The van der Waals surface area contributed by atoms with Crippen molar-refractivity contribution in [1.29, 1.82) is 0 Å². The maximum atomic E-state index is 10.8. The van der Waals surface area contributed by atoms with E-state index in [2.05, 4.69) is 176 Å². The molecule has 2 heterocycles. The molecule has 6 rings (SSSR count). The summed E-state index contributed by atoms with van der Waals surface area (Å²) in [6.07, 6.45) is 1.28. The summed E-state index contributed by atoms with van der Waals surface area (Å²) in [7, 11) is 0.628. The second-order valence-electron chi connectivity index (χ2n) is 11.2. The Morgan fingerprint density at radius 3 is 1.62 bits per heavy atom. The van der Waals surface area contributed by atoms with Crippen molar-refractivity contribution in [1.82, 2.24) is 18.7 Å². The molecule has 0 saturated heterocycles. The Hall–Kier alpha value is 2.06. The monoisotopic (exact) mass is 1700 g/mol. The van der Waals surface area contributed by atoms with Crippen molar-refractivity contribution in [2.75, 3.05) is 11.5 Å². The average Bonchev–Trinajstić information content (AvgIpc) is 3.77. The first-order valence-electron chi connectivity index (χ1n) is 15.6. The van der Waals surface area contributed by atoms with Gasteiger partial charge < -0.3 is 16.2 Å². The Morgan fingerprint density at radius 1 is 0.714 bits per heavy atom. The number of nitrogens with one attached hydrogen (secondary N) is 1. The molecule has 303 valence electrons. The first kappa shape index (κ1) is 56.1. The van der Waals surface area contributed by atoms with Crippen LogP contribution in [0.1, 0.15) is 50.6 Å². The fraction of sp³-hybridized carbons (Fsp3) is 0.200. The van der Waals surface area contributed by atoms with Gasteiger partial charge in [-0.3, -0.25) is 9.78 Å². The quantitative estimate of drug-likeness (QED) is 0.112. The number of rotatable bonds is 6. The van der Waals surface area contributed by atoms with Gasteiger partial charge >= 0.3 is 119 Å². The number of hydrogen-bond acceptors (Lipinski definition) is 9. The first-order chi connectivity index (χ1) is 26.5. The van der Waals surface area contributed by atoms with E-state index >= 15 is 0 Å². The van der Waals surface area contributed by atoms with Crippen LogP contribution >= 0.6 is 183 Å². The Bertz CT molecular complexity index is 2040. The minimum atomic E-state index is -0.278. The predicted octanol–water partition coefficient (Wildman–Crippen LogP) is 15.2. The van der Waals surface area contributed by atoms with Crippen LogP contribution in [0.2, 0.25) is 10.0 Å². The van der Waals surface area contributed by atoms with Crippen LogP contribution in [0, 0.1) is 34.6 Å². The van der Waals surface area contributed by atoms with Gasteiger partial charge in [0.25, 0.3) is 5.19 Å². The fourth-order valence-electron chi connectivity index (χ4n) is 4.27. The molecule has 0 fully saturated rings. The number of aromatic amines is 1. The number of benzene rings is 4. The molecule has 0 aliphatic heterocycles. The summed E-state index contributed by atoms with van der Waals surface area (Å²) in [6.45, 7) is 10.1. The molecule has 0 aliphatic carbocycles. The third-order valence-electron chi connectivity index (χ3n) is 7.14. The van der Waals surface area contributed by atoms with Gasteiger partial charge in [0.2, 0.25) is 0 Å². The molecule has 0 atom stereocenters. The van der Waals surface area contributed by atoms with Crippen molar-refractivity contribution in [2.45, 2.75) is 47.5 Å². The van der Waals surface area contributed by atoms with Crippen LogP contribution in [-0.4, -0.2) is 18.7 Å². The number of ether oxygens (including phenoxy) is 1. The standard InChI is InChI=1S/C17H16ClN3OS.C9H7ClN2OS.C9H13N.I2.5HI.2V/c1-10-8-15(11(2)7-14(10)19)22-17-20-16(21-23-17)9-12-3-5-13(18)6-4-12;10-7-3-1-6(2-4-7)5-8-11-9(13)14-12-8;1-6-4-8(3)9(10)5-7(6)2;1-2;;;;;;;/h3-8H,9,19H2,1-2H3;1-4H,5H2,(H,11,12,13);4-5H,10H2,1-3H3;;5*1H;;/q;;;;;;;;;+2;+3/p-5. The van der Waals surface area contributed by atoms with Crippen molar-refractivity contribution < 1.29 is 19.1 Å². The summed E-state index contributed by atoms with van der Waals surface area (Å²) < 4.78 is 14.2. The SMILES string of the molecule is Cc1cc(C)c(N)cc1C.Cc1cc(Oc2nc(Cc3ccc(Cl)cc3)ns2)c(C)cc1N.II.O=c1[nH]c(Cc2ccc(Cl)cc2)ns1.[I][V]([I])[I].[I][V][I]. The van der Waals surface area contributed by atoms with Gasteiger partial charge in [-0.15, -0.1) is 0 Å². The first-order valence-corrected chi connectivity index (χ1v) is 46.7. The van der Waals surface area contributed by atoms with Gasteiger partial charge in [0.1, 0.15) is 11.6 Å². The molecule has 0 spiro atoms. The van der Waals surface area contributed by atoms with E-state index in [9.17, 15) is 4.79 Å². The molecule has 0 aliphatic rings. The number of nitrogens with two attached hydrogens (primary N) is 2. The molecule has 56 heavy (non-hydrogen) atoms. The number of H-pyrrole nitrogens is 1. The number of halogens is 9. The van der Waals surface area contributed by atoms with Crippen LogP contribution < -0.4 is 21.1 Å². The third kappa shape index (κ3) is 24.1. The van der Waals surface area contributed by atoms with Crippen molar-refractivity contribution in [2.24, 2.45) is 0 Å². The van der Waals surface area contributed by atoms with Crippen LogP contribution in [0.15, 0.2) is 77.6 Å². The van der Waals surface area contributed by atoms with Crippen molar-refractivity contribution in [3.05, 3.63) is 143 Å². The Morgan fingerprint density at radius 2 is 1.16 bits per heavy atom. The van der Waals surface area contributed by atoms with Gasteiger partial charge in [-0.1, -0.05) is 53.5 Å². The molecule has 6 aromatic rings. The number of hydrogen-bond donors (Lipinski definition) is 3. The van der Waals surface area contributed by atoms with E-state index in [1.807, 2.05) is 87.5 Å². The summed E-state index contributed by atoms with van der Waals surface area (Å²) >= 11 is 30.2. The zero-order valence-electron chi connectivity index (χ0n) is 30.3. The van der Waals surface area contributed by atoms with E-state index < -0.39 is 0 Å². The summed E-state index contributed by atoms with van der Waals surface area (Å²) in [5.41, 5.74) is 21.1. The normalized spacial score (nSPS) is 9.77. The molecule has 0 radical (unpaired) electrons. The molecular formula is C35H36Cl2I7N6O2S2V2. The van der Waals surface area contributed by atoms with Gasteiger partial charge in [0.05, 0.1) is 0 Å². The van der Waals surface area contributed by atoms with Crippen LogP contribution in [0.5, 0.6) is 10.9 Å². The van der Waals surface area contributed by atoms with Gasteiger partial charge in [-0.25, -0.2) is 0 Å². The number of aromatic nitrogens is 4. The summed E-state index contributed by atoms with van der Waals surface area (Å²) in [6, 6.07) is 23.1. The molecule has 21 heteroatoms. The number of aryl methyl sites for hydroxylation is 5. The fourth-order valence-corrected chi connectivity index (χ4v) is 5.55. The van der Waals surface area contributed by atoms with E-state index in [0.29, 0.717) is 38.3 Å². The van der Waals surface area contributed by atoms with Gasteiger partial charge in [0.15, 0.2) is 5.82 Å². The van der Waals surface area contributed by atoms with Crippen LogP contribution in [0.25, 0.3) is 0 Å². The zero-order chi connectivity index (χ0) is 42.4. The molecule has 5 N–H and O–H groups in total. The predicted molar refractivity (Wildman–Crippen MR) is 295 cm³/mol. The molecule has 0 bridgehead atoms. The summed E-state index contributed by atoms with van der Waals surface area (Å²) in [5, 5.41) is 1.96. The van der Waals surface area contributed by atoms with Crippen LogP contribution in [-0.2, 0) is 27.2 Å². The van der Waals surface area contributed by atoms with Crippen molar-refractivity contribution in [3.63, 3.8) is 0 Å². The number of nitrogens with zero attached hydrogens (tertiary/aromatic N) is 3. The minimum absolute atomic E-state index is 0.117. The van der Waals surface area contributed by atoms with E-state index in [1.165, 1.54) is 28.2 Å². The molecule has 2 aromatic heterocycles. The Kier molecular flexibility index (Phi) is 31.9. The van der Waals surface area contributed by atoms with E-state index in [4.69, 9.17) is 39.4 Å². The molecular weight excluding hydrogens is 1660 g/mol. The Balaban J connectivity index is 0.000000405. The Labute approximate surface area is 437 Å². The molecule has 0 unspecified atom stereocenters. The van der Waals surface area contributed by atoms with Gasteiger partial charge in [0, 0.05) is 94.6 Å². The zero-order valence-corrected chi connectivity index (χ0v) is 51.3. The van der Waals surface area contributed by atoms with E-state index in [0.717, 1.165) is 61.8 Å². The van der Waals surface area contributed by atoms with Crippen molar-refractivity contribution >= 4 is 195 Å². The van der Waals surface area contributed by atoms with Gasteiger partial charge in [-0.05, 0) is 116 Å². The van der Waals surface area contributed by atoms with Crippen LogP contribution in [0.3, 0.4) is 0 Å². The summed E-state index contributed by atoms with van der Waals surface area (Å²) in [4.78, 5) is 17.5.